The molecule has 2 rings (SSSR count). The second kappa shape index (κ2) is 8.93. The fraction of sp³-hybridized carbons (Fsp3) is 0.200. The van der Waals surface area contributed by atoms with E-state index >= 15 is 0 Å². The molecular formula is C15H17ClN2O2. The number of oxime groups is 1. The number of benzene rings is 1. The zero-order valence-corrected chi connectivity index (χ0v) is 12.2. The molecular weight excluding hydrogens is 276 g/mol. The van der Waals surface area contributed by atoms with Crippen LogP contribution in [0.25, 0.3) is 0 Å². The summed E-state index contributed by atoms with van der Waals surface area (Å²) < 4.78 is 5.56. The van der Waals surface area contributed by atoms with Gasteiger partial charge in [-0.1, -0.05) is 53.2 Å². The Morgan fingerprint density at radius 3 is 2.40 bits per heavy atom. The molecule has 0 unspecified atom stereocenters. The van der Waals surface area contributed by atoms with E-state index in [9.17, 15) is 0 Å². The highest BCUT2D eigenvalue weighted by Gasteiger charge is 1.96. The topological polar surface area (TPSA) is 54.7 Å². The van der Waals surface area contributed by atoms with E-state index in [1.165, 1.54) is 6.92 Å². The maximum absolute atomic E-state index is 7.60. The molecule has 0 amide bonds. The third-order valence-corrected chi connectivity index (χ3v) is 2.31. The number of pyridine rings is 1. The van der Waals surface area contributed by atoms with Crippen molar-refractivity contribution in [3.63, 3.8) is 0 Å². The van der Waals surface area contributed by atoms with Crippen molar-refractivity contribution in [3.05, 3.63) is 59.8 Å². The zero-order chi connectivity index (χ0) is 14.8. The van der Waals surface area contributed by atoms with E-state index in [0.717, 1.165) is 11.3 Å². The summed E-state index contributed by atoms with van der Waals surface area (Å²) in [6, 6.07) is 15.8. The quantitative estimate of drug-likeness (QED) is 0.528. The van der Waals surface area contributed by atoms with Gasteiger partial charge >= 0.3 is 0 Å². The van der Waals surface area contributed by atoms with Gasteiger partial charge in [0.1, 0.15) is 11.8 Å². The average Bonchev–Trinajstić information content (AvgIpc) is 2.47. The average molecular weight is 293 g/mol. The van der Waals surface area contributed by atoms with Crippen LogP contribution in [0, 0.1) is 6.92 Å². The number of rotatable bonds is 3. The van der Waals surface area contributed by atoms with Crippen molar-refractivity contribution in [2.45, 2.75) is 20.5 Å². The van der Waals surface area contributed by atoms with E-state index in [1.54, 1.807) is 0 Å². The van der Waals surface area contributed by atoms with Crippen LogP contribution in [0.1, 0.15) is 18.2 Å². The monoisotopic (exact) mass is 292 g/mol. The van der Waals surface area contributed by atoms with Gasteiger partial charge in [0, 0.05) is 11.8 Å². The lowest BCUT2D eigenvalue weighted by atomic mass is 10.2. The molecule has 0 saturated heterocycles. The Bertz CT molecular complexity index is 541. The standard InChI is InChI=1S/C13H13NO.C2H4ClNO/c1-11-6-5-9-13(14-11)15-10-12-7-3-2-4-8-12;1-2(3)4-5/h2-9H,10H2,1H3;5H,1H3. The van der Waals surface area contributed by atoms with E-state index in [4.69, 9.17) is 21.5 Å². The second-order valence-corrected chi connectivity index (χ2v) is 4.54. The minimum Gasteiger partial charge on any atom is -0.473 e. The first-order chi connectivity index (χ1) is 9.61. The van der Waals surface area contributed by atoms with Gasteiger partial charge < -0.3 is 9.94 Å². The number of hydrogen-bond donors (Lipinski definition) is 1. The van der Waals surface area contributed by atoms with Gasteiger partial charge in [0.2, 0.25) is 5.88 Å². The molecule has 2 aromatic rings. The van der Waals surface area contributed by atoms with Crippen molar-refractivity contribution >= 4 is 16.8 Å². The fourth-order valence-corrected chi connectivity index (χ4v) is 1.33. The molecule has 0 aliphatic carbocycles. The second-order valence-electron chi connectivity index (χ2n) is 3.99. The van der Waals surface area contributed by atoms with Crippen LogP contribution in [0.4, 0.5) is 0 Å². The summed E-state index contributed by atoms with van der Waals surface area (Å²) >= 11 is 4.96. The minimum atomic E-state index is 0.157. The highest BCUT2D eigenvalue weighted by molar-refractivity contribution is 6.64. The normalized spacial score (nSPS) is 10.4. The summed E-state index contributed by atoms with van der Waals surface area (Å²) in [4.78, 5) is 4.27. The van der Waals surface area contributed by atoms with Crippen LogP contribution in [0.2, 0.25) is 0 Å². The van der Waals surface area contributed by atoms with Gasteiger partial charge in [0.15, 0.2) is 0 Å². The largest absolute Gasteiger partial charge is 0.473 e. The van der Waals surface area contributed by atoms with Crippen LogP contribution in [-0.4, -0.2) is 15.4 Å². The smallest absolute Gasteiger partial charge is 0.213 e. The predicted octanol–water partition coefficient (Wildman–Crippen LogP) is 4.00. The molecule has 0 aliphatic heterocycles. The summed E-state index contributed by atoms with van der Waals surface area (Å²) in [6.45, 7) is 4.01. The van der Waals surface area contributed by atoms with Gasteiger partial charge in [-0.15, -0.1) is 0 Å². The van der Waals surface area contributed by atoms with Crippen molar-refractivity contribution in [3.8, 4) is 5.88 Å². The number of aromatic nitrogens is 1. The maximum Gasteiger partial charge on any atom is 0.213 e. The number of ether oxygens (including phenoxy) is 1. The van der Waals surface area contributed by atoms with Gasteiger partial charge in [0.05, 0.1) is 0 Å². The molecule has 4 nitrogen and oxygen atoms in total. The third-order valence-electron chi connectivity index (χ3n) is 2.23. The van der Waals surface area contributed by atoms with Gasteiger partial charge in [-0.2, -0.15) is 0 Å². The lowest BCUT2D eigenvalue weighted by Gasteiger charge is -2.05. The first-order valence-electron chi connectivity index (χ1n) is 6.06. The van der Waals surface area contributed by atoms with Crippen molar-refractivity contribution in [2.24, 2.45) is 5.16 Å². The van der Waals surface area contributed by atoms with Crippen molar-refractivity contribution in [1.82, 2.24) is 4.98 Å². The molecule has 0 aliphatic rings. The molecule has 1 aromatic carbocycles. The molecule has 1 heterocycles. The van der Waals surface area contributed by atoms with Crippen LogP contribution in [0.5, 0.6) is 5.88 Å². The number of hydrogen-bond acceptors (Lipinski definition) is 4. The van der Waals surface area contributed by atoms with E-state index < -0.39 is 0 Å². The third kappa shape index (κ3) is 6.75. The lowest BCUT2D eigenvalue weighted by molar-refractivity contribution is 0.293. The van der Waals surface area contributed by atoms with E-state index in [1.807, 2.05) is 55.5 Å². The minimum absolute atomic E-state index is 0.157. The van der Waals surface area contributed by atoms with E-state index in [0.29, 0.717) is 12.5 Å². The number of aryl methyl sites for hydroxylation is 1. The van der Waals surface area contributed by atoms with Gasteiger partial charge in [-0.3, -0.25) is 0 Å². The molecule has 5 heteroatoms. The lowest BCUT2D eigenvalue weighted by Crippen LogP contribution is -1.97. The fourth-order valence-electron chi connectivity index (χ4n) is 1.33. The Morgan fingerprint density at radius 1 is 1.20 bits per heavy atom. The highest BCUT2D eigenvalue weighted by atomic mass is 35.5. The Hall–Kier alpha value is -2.07. The van der Waals surface area contributed by atoms with Gasteiger partial charge in [-0.25, -0.2) is 4.98 Å². The Morgan fingerprint density at radius 2 is 1.85 bits per heavy atom. The van der Waals surface area contributed by atoms with Gasteiger partial charge in [-0.05, 0) is 25.5 Å². The zero-order valence-electron chi connectivity index (χ0n) is 11.5. The van der Waals surface area contributed by atoms with Crippen molar-refractivity contribution in [2.75, 3.05) is 0 Å². The molecule has 0 atom stereocenters. The first-order valence-corrected chi connectivity index (χ1v) is 6.44. The van der Waals surface area contributed by atoms with Crippen LogP contribution >= 0.6 is 11.6 Å². The van der Waals surface area contributed by atoms with Gasteiger partial charge in [0.25, 0.3) is 0 Å². The van der Waals surface area contributed by atoms with Crippen LogP contribution in [0.3, 0.4) is 0 Å². The number of nitrogens with zero attached hydrogens (tertiary/aromatic N) is 2. The summed E-state index contributed by atoms with van der Waals surface area (Å²) in [5, 5.41) is 10.3. The van der Waals surface area contributed by atoms with E-state index in [2.05, 4.69) is 10.1 Å². The SMILES string of the molecule is CC(Cl)=NO.Cc1cccc(OCc2ccccc2)n1. The Labute approximate surface area is 123 Å². The summed E-state index contributed by atoms with van der Waals surface area (Å²) in [5.74, 6) is 0.679. The maximum atomic E-state index is 7.60. The molecule has 0 radical (unpaired) electrons. The van der Waals surface area contributed by atoms with Crippen molar-refractivity contribution in [1.29, 1.82) is 0 Å². The Kier molecular flexibility index (Phi) is 7.14. The molecule has 1 aromatic heterocycles. The summed E-state index contributed by atoms with van der Waals surface area (Å²) in [6.07, 6.45) is 0. The molecule has 0 fully saturated rings. The van der Waals surface area contributed by atoms with E-state index in [-0.39, 0.29) is 5.17 Å². The highest BCUT2D eigenvalue weighted by Crippen LogP contribution is 2.09. The summed E-state index contributed by atoms with van der Waals surface area (Å²) in [5.41, 5.74) is 2.13. The molecule has 1 N–H and O–H groups in total. The van der Waals surface area contributed by atoms with Crippen LogP contribution < -0.4 is 4.74 Å². The number of halogens is 1. The Balaban J connectivity index is 0.000000347. The van der Waals surface area contributed by atoms with Crippen LogP contribution in [0.15, 0.2) is 53.7 Å². The summed E-state index contributed by atoms with van der Waals surface area (Å²) in [7, 11) is 0. The molecule has 106 valence electrons. The molecule has 0 bridgehead atoms. The van der Waals surface area contributed by atoms with Crippen molar-refractivity contribution < 1.29 is 9.94 Å². The molecule has 0 spiro atoms. The predicted molar refractivity (Wildman–Crippen MR) is 80.5 cm³/mol. The molecule has 20 heavy (non-hydrogen) atoms. The van der Waals surface area contributed by atoms with Crippen LogP contribution in [-0.2, 0) is 6.61 Å². The molecule has 0 saturated carbocycles. The first kappa shape index (κ1) is 16.0.